The van der Waals surface area contributed by atoms with Gasteiger partial charge in [0, 0.05) is 5.39 Å². The van der Waals surface area contributed by atoms with Crippen molar-refractivity contribution in [1.29, 1.82) is 0 Å². The molecule has 0 aliphatic rings. The number of nitrogens with two attached hydrogens (primary N) is 1. The zero-order valence-electron chi connectivity index (χ0n) is 11.8. The Bertz CT molecular complexity index is 712. The molecule has 2 N–H and O–H groups in total. The van der Waals surface area contributed by atoms with Gasteiger partial charge in [-0.2, -0.15) is 5.10 Å². The van der Waals surface area contributed by atoms with Crippen LogP contribution in [-0.4, -0.2) is 9.78 Å². The minimum Gasteiger partial charge on any atom is -0.322 e. The highest BCUT2D eigenvalue weighted by atomic mass is 15.3. The number of rotatable bonds is 3. The summed E-state index contributed by atoms with van der Waals surface area (Å²) < 4.78 is 2.01. The van der Waals surface area contributed by atoms with Gasteiger partial charge >= 0.3 is 0 Å². The lowest BCUT2D eigenvalue weighted by Crippen LogP contribution is -2.23. The molecule has 0 amide bonds. The largest absolute Gasteiger partial charge is 0.322 e. The topological polar surface area (TPSA) is 43.8 Å². The number of hydrogen-bond acceptors (Lipinski definition) is 2. The van der Waals surface area contributed by atoms with Crippen molar-refractivity contribution in [3.05, 3.63) is 65.9 Å². The summed E-state index contributed by atoms with van der Waals surface area (Å²) in [6.45, 7) is 4.20. The monoisotopic (exact) mass is 265 g/mol. The van der Waals surface area contributed by atoms with E-state index in [1.807, 2.05) is 23.0 Å². The number of aromatic nitrogens is 2. The Hall–Kier alpha value is -2.13. The van der Waals surface area contributed by atoms with Crippen molar-refractivity contribution in [3.8, 4) is 0 Å². The summed E-state index contributed by atoms with van der Waals surface area (Å²) in [6.07, 6.45) is 1.90. The molecule has 0 spiro atoms. The fourth-order valence-corrected chi connectivity index (χ4v) is 2.54. The third-order valence-corrected chi connectivity index (χ3v) is 3.87. The van der Waals surface area contributed by atoms with Crippen molar-refractivity contribution in [3.63, 3.8) is 0 Å². The molecule has 0 fully saturated rings. The summed E-state index contributed by atoms with van der Waals surface area (Å²) in [5.74, 6) is 0. The van der Waals surface area contributed by atoms with Crippen LogP contribution in [0.5, 0.6) is 0 Å². The van der Waals surface area contributed by atoms with Crippen LogP contribution in [0, 0.1) is 6.92 Å². The molecule has 0 saturated carbocycles. The second-order valence-corrected chi connectivity index (χ2v) is 5.33. The molecular weight excluding hydrogens is 246 g/mol. The van der Waals surface area contributed by atoms with Crippen LogP contribution in [0.15, 0.2) is 54.7 Å². The summed E-state index contributed by atoms with van der Waals surface area (Å²) in [4.78, 5) is 0. The highest BCUT2D eigenvalue weighted by molar-refractivity contribution is 5.78. The van der Waals surface area contributed by atoms with Crippen LogP contribution in [0.25, 0.3) is 10.9 Å². The maximum atomic E-state index is 6.41. The summed E-state index contributed by atoms with van der Waals surface area (Å²) >= 11 is 0. The van der Waals surface area contributed by atoms with E-state index in [0.717, 1.165) is 16.5 Å². The van der Waals surface area contributed by atoms with Crippen molar-refractivity contribution < 1.29 is 0 Å². The second-order valence-electron chi connectivity index (χ2n) is 5.33. The summed E-state index contributed by atoms with van der Waals surface area (Å²) in [7, 11) is 0. The molecule has 0 saturated heterocycles. The number of para-hydroxylation sites is 1. The predicted molar refractivity (Wildman–Crippen MR) is 82.6 cm³/mol. The molecule has 1 heterocycles. The van der Waals surface area contributed by atoms with E-state index in [9.17, 15) is 0 Å². The van der Waals surface area contributed by atoms with E-state index in [1.54, 1.807) is 0 Å². The number of hydrogen-bond donors (Lipinski definition) is 1. The van der Waals surface area contributed by atoms with E-state index in [4.69, 9.17) is 5.73 Å². The number of fused-ring (bicyclic) bond motifs is 1. The van der Waals surface area contributed by atoms with Gasteiger partial charge < -0.3 is 5.73 Å². The molecule has 2 atom stereocenters. The molecule has 0 aliphatic heterocycles. The first-order valence-electron chi connectivity index (χ1n) is 6.91. The van der Waals surface area contributed by atoms with Crippen molar-refractivity contribution in [1.82, 2.24) is 9.78 Å². The highest BCUT2D eigenvalue weighted by Crippen LogP contribution is 2.26. The summed E-state index contributed by atoms with van der Waals surface area (Å²) in [5.41, 5.74) is 9.93. The molecular formula is C17H19N3. The Kier molecular flexibility index (Phi) is 3.28. The third-order valence-electron chi connectivity index (χ3n) is 3.87. The first kappa shape index (κ1) is 12.9. The first-order chi connectivity index (χ1) is 9.66. The lowest BCUT2D eigenvalue weighted by molar-refractivity contribution is 0.426. The SMILES string of the molecule is Cc1ccc(C(N)C(C)n2ncc3ccccc32)cc1. The molecule has 2 aromatic carbocycles. The predicted octanol–water partition coefficient (Wildman–Crippen LogP) is 3.61. The normalized spacial score (nSPS) is 14.3. The molecule has 20 heavy (non-hydrogen) atoms. The average Bonchev–Trinajstić information content (AvgIpc) is 2.90. The fourth-order valence-electron chi connectivity index (χ4n) is 2.54. The highest BCUT2D eigenvalue weighted by Gasteiger charge is 2.18. The van der Waals surface area contributed by atoms with Crippen LogP contribution in [-0.2, 0) is 0 Å². The van der Waals surface area contributed by atoms with E-state index in [-0.39, 0.29) is 12.1 Å². The molecule has 3 heteroatoms. The third kappa shape index (κ3) is 2.21. The van der Waals surface area contributed by atoms with Gasteiger partial charge in [-0.05, 0) is 25.5 Å². The van der Waals surface area contributed by atoms with Crippen LogP contribution < -0.4 is 5.73 Å². The van der Waals surface area contributed by atoms with E-state index in [0.29, 0.717) is 0 Å². The summed E-state index contributed by atoms with van der Waals surface area (Å²) in [6, 6.07) is 16.7. The van der Waals surface area contributed by atoms with Gasteiger partial charge in [0.2, 0.25) is 0 Å². The van der Waals surface area contributed by atoms with Gasteiger partial charge in [0.1, 0.15) is 0 Å². The smallest absolute Gasteiger partial charge is 0.0690 e. The molecule has 3 nitrogen and oxygen atoms in total. The molecule has 1 aromatic heterocycles. The van der Waals surface area contributed by atoms with Crippen LogP contribution in [0.2, 0.25) is 0 Å². The van der Waals surface area contributed by atoms with Gasteiger partial charge in [0.05, 0.1) is 23.8 Å². The van der Waals surface area contributed by atoms with Crippen molar-refractivity contribution >= 4 is 10.9 Å². The molecule has 0 bridgehead atoms. The van der Waals surface area contributed by atoms with E-state index in [2.05, 4.69) is 55.3 Å². The van der Waals surface area contributed by atoms with Gasteiger partial charge in [0.15, 0.2) is 0 Å². The zero-order valence-corrected chi connectivity index (χ0v) is 11.8. The number of aryl methyl sites for hydroxylation is 1. The Morgan fingerprint density at radius 2 is 1.75 bits per heavy atom. The molecule has 0 radical (unpaired) electrons. The first-order valence-corrected chi connectivity index (χ1v) is 6.91. The number of nitrogens with zero attached hydrogens (tertiary/aromatic N) is 2. The minimum absolute atomic E-state index is 0.0705. The zero-order chi connectivity index (χ0) is 14.1. The standard InChI is InChI=1S/C17H19N3/c1-12-7-9-14(10-8-12)17(18)13(2)20-16-6-4-3-5-15(16)11-19-20/h3-11,13,17H,18H2,1-2H3. The van der Waals surface area contributed by atoms with Gasteiger partial charge in [0.25, 0.3) is 0 Å². The van der Waals surface area contributed by atoms with Crippen LogP contribution in [0.4, 0.5) is 0 Å². The van der Waals surface area contributed by atoms with Gasteiger partial charge in [-0.15, -0.1) is 0 Å². The van der Waals surface area contributed by atoms with Crippen molar-refractivity contribution in [2.45, 2.75) is 25.9 Å². The Morgan fingerprint density at radius 3 is 2.50 bits per heavy atom. The molecule has 3 aromatic rings. The van der Waals surface area contributed by atoms with E-state index >= 15 is 0 Å². The van der Waals surface area contributed by atoms with E-state index in [1.165, 1.54) is 5.56 Å². The van der Waals surface area contributed by atoms with Crippen molar-refractivity contribution in [2.75, 3.05) is 0 Å². The quantitative estimate of drug-likeness (QED) is 0.786. The Morgan fingerprint density at radius 1 is 1.05 bits per heavy atom. The van der Waals surface area contributed by atoms with Crippen LogP contribution in [0.1, 0.15) is 30.1 Å². The number of benzene rings is 2. The lowest BCUT2D eigenvalue weighted by atomic mass is 10.0. The maximum Gasteiger partial charge on any atom is 0.0690 e. The second kappa shape index (κ2) is 5.10. The summed E-state index contributed by atoms with van der Waals surface area (Å²) in [5, 5.41) is 5.64. The molecule has 102 valence electrons. The van der Waals surface area contributed by atoms with E-state index < -0.39 is 0 Å². The fraction of sp³-hybridized carbons (Fsp3) is 0.235. The molecule has 0 aliphatic carbocycles. The van der Waals surface area contributed by atoms with Gasteiger partial charge in [-0.25, -0.2) is 0 Å². The van der Waals surface area contributed by atoms with Crippen molar-refractivity contribution in [2.24, 2.45) is 5.73 Å². The van der Waals surface area contributed by atoms with Gasteiger partial charge in [-0.3, -0.25) is 4.68 Å². The molecule has 2 unspecified atom stereocenters. The minimum atomic E-state index is -0.0705. The van der Waals surface area contributed by atoms with Crippen LogP contribution >= 0.6 is 0 Å². The van der Waals surface area contributed by atoms with Gasteiger partial charge in [-0.1, -0.05) is 48.0 Å². The average molecular weight is 265 g/mol. The molecule has 3 rings (SSSR count). The lowest BCUT2D eigenvalue weighted by Gasteiger charge is -2.21. The Labute approximate surface area is 119 Å². The Balaban J connectivity index is 1.95. The van der Waals surface area contributed by atoms with Crippen LogP contribution in [0.3, 0.4) is 0 Å². The maximum absolute atomic E-state index is 6.41.